The number of carbonyl (C=O) groups is 1. The minimum atomic E-state index is -0.465. The van der Waals surface area contributed by atoms with Gasteiger partial charge in [0.05, 0.1) is 0 Å². The molecule has 0 aromatic heterocycles. The number of hydrogen-bond donors (Lipinski definition) is 1. The van der Waals surface area contributed by atoms with Crippen LogP contribution >= 0.6 is 0 Å². The Morgan fingerprint density at radius 1 is 1.39 bits per heavy atom. The Morgan fingerprint density at radius 3 is 2.61 bits per heavy atom. The molecule has 0 radical (unpaired) electrons. The molecule has 0 spiro atoms. The number of likely N-dealkylation sites (tertiary alicyclic amines) is 1. The van der Waals surface area contributed by atoms with E-state index in [2.05, 4.69) is 0 Å². The predicted molar refractivity (Wildman–Crippen MR) is 88.5 cm³/mol. The fourth-order valence-electron chi connectivity index (χ4n) is 2.91. The highest BCUT2D eigenvalue weighted by Gasteiger charge is 2.27. The summed E-state index contributed by atoms with van der Waals surface area (Å²) in [5.41, 5.74) is 6.57. The predicted octanol–water partition coefficient (Wildman–Crippen LogP) is 3.86. The Bertz CT molecular complexity index is 534. The van der Waals surface area contributed by atoms with Crippen LogP contribution in [0.1, 0.15) is 51.6 Å². The zero-order valence-electron chi connectivity index (χ0n) is 14.2. The van der Waals surface area contributed by atoms with Gasteiger partial charge in [-0.3, -0.25) is 0 Å². The highest BCUT2D eigenvalue weighted by molar-refractivity contribution is 5.68. The first kappa shape index (κ1) is 17.7. The molecule has 0 bridgehead atoms. The van der Waals surface area contributed by atoms with E-state index in [-0.39, 0.29) is 18.0 Å². The van der Waals surface area contributed by atoms with Crippen molar-refractivity contribution < 1.29 is 13.9 Å². The minimum Gasteiger partial charge on any atom is -0.444 e. The van der Waals surface area contributed by atoms with Crippen LogP contribution in [0.5, 0.6) is 0 Å². The summed E-state index contributed by atoms with van der Waals surface area (Å²) >= 11 is 0. The molecule has 2 N–H and O–H groups in total. The molecule has 1 aromatic rings. The van der Waals surface area contributed by atoms with E-state index in [1.807, 2.05) is 26.8 Å². The number of piperidine rings is 1. The van der Waals surface area contributed by atoms with E-state index in [4.69, 9.17) is 10.5 Å². The standard InChI is InChI=1S/C18H27FN2O2/c1-18(2,3)23-17(22)21-9-7-13(8-10-21)11-16(20)14-5-4-6-15(19)12-14/h4-6,12-13,16H,7-11,20H2,1-3H3. The van der Waals surface area contributed by atoms with Crippen molar-refractivity contribution in [1.82, 2.24) is 4.90 Å². The van der Waals surface area contributed by atoms with Crippen molar-refractivity contribution in [3.05, 3.63) is 35.6 Å². The lowest BCUT2D eigenvalue weighted by atomic mass is 9.88. The molecular formula is C18H27FN2O2. The Morgan fingerprint density at radius 2 is 2.04 bits per heavy atom. The van der Waals surface area contributed by atoms with Crippen molar-refractivity contribution in [3.8, 4) is 0 Å². The summed E-state index contributed by atoms with van der Waals surface area (Å²) < 4.78 is 18.7. The summed E-state index contributed by atoms with van der Waals surface area (Å²) in [6.07, 6.45) is 2.38. The summed E-state index contributed by atoms with van der Waals surface area (Å²) in [7, 11) is 0. The van der Waals surface area contributed by atoms with Gasteiger partial charge in [0, 0.05) is 19.1 Å². The van der Waals surface area contributed by atoms with Gasteiger partial charge in [0.15, 0.2) is 0 Å². The van der Waals surface area contributed by atoms with Crippen LogP contribution < -0.4 is 5.73 Å². The fourth-order valence-corrected chi connectivity index (χ4v) is 2.91. The number of rotatable bonds is 3. The van der Waals surface area contributed by atoms with E-state index in [1.54, 1.807) is 11.0 Å². The van der Waals surface area contributed by atoms with Gasteiger partial charge in [-0.25, -0.2) is 9.18 Å². The van der Waals surface area contributed by atoms with Crippen LogP contribution in [0.3, 0.4) is 0 Å². The van der Waals surface area contributed by atoms with Gasteiger partial charge in [0.2, 0.25) is 0 Å². The van der Waals surface area contributed by atoms with Gasteiger partial charge in [-0.2, -0.15) is 0 Å². The molecule has 2 rings (SSSR count). The zero-order chi connectivity index (χ0) is 17.0. The second kappa shape index (κ2) is 7.30. The first-order chi connectivity index (χ1) is 10.7. The maximum absolute atomic E-state index is 13.3. The van der Waals surface area contributed by atoms with Crippen molar-refractivity contribution in [1.29, 1.82) is 0 Å². The summed E-state index contributed by atoms with van der Waals surface area (Å²) in [5, 5.41) is 0. The normalized spacial score (nSPS) is 17.9. The quantitative estimate of drug-likeness (QED) is 0.919. The molecule has 5 heteroatoms. The number of benzene rings is 1. The van der Waals surface area contributed by atoms with Crippen LogP contribution in [0, 0.1) is 11.7 Å². The van der Waals surface area contributed by atoms with Gasteiger partial charge < -0.3 is 15.4 Å². The van der Waals surface area contributed by atoms with Gasteiger partial charge in [-0.15, -0.1) is 0 Å². The summed E-state index contributed by atoms with van der Waals surface area (Å²) in [5.74, 6) is 0.199. The molecule has 0 aliphatic carbocycles. The van der Waals surface area contributed by atoms with Crippen LogP contribution in [0.4, 0.5) is 9.18 Å². The summed E-state index contributed by atoms with van der Waals surface area (Å²) in [6, 6.07) is 6.32. The molecule has 1 atom stereocenters. The second-order valence-electron chi connectivity index (χ2n) is 7.31. The molecule has 1 aromatic carbocycles. The van der Waals surface area contributed by atoms with Crippen LogP contribution in [0.2, 0.25) is 0 Å². The maximum Gasteiger partial charge on any atom is 0.410 e. The molecule has 1 aliphatic rings. The molecule has 1 fully saturated rings. The smallest absolute Gasteiger partial charge is 0.410 e. The maximum atomic E-state index is 13.3. The molecule has 128 valence electrons. The SMILES string of the molecule is CC(C)(C)OC(=O)N1CCC(CC(N)c2cccc(F)c2)CC1. The number of carbonyl (C=O) groups excluding carboxylic acids is 1. The van der Waals surface area contributed by atoms with Gasteiger partial charge in [-0.05, 0) is 63.6 Å². The Labute approximate surface area is 137 Å². The van der Waals surface area contributed by atoms with Crippen LogP contribution in [0.15, 0.2) is 24.3 Å². The monoisotopic (exact) mass is 322 g/mol. The molecule has 1 unspecified atom stereocenters. The van der Waals surface area contributed by atoms with E-state index in [9.17, 15) is 9.18 Å². The lowest BCUT2D eigenvalue weighted by Gasteiger charge is -2.34. The van der Waals surface area contributed by atoms with Crippen molar-refractivity contribution >= 4 is 6.09 Å². The number of hydrogen-bond acceptors (Lipinski definition) is 3. The fraction of sp³-hybridized carbons (Fsp3) is 0.611. The van der Waals surface area contributed by atoms with E-state index < -0.39 is 5.60 Å². The van der Waals surface area contributed by atoms with Gasteiger partial charge in [-0.1, -0.05) is 12.1 Å². The largest absolute Gasteiger partial charge is 0.444 e. The molecule has 1 heterocycles. The van der Waals surface area contributed by atoms with E-state index in [0.717, 1.165) is 24.8 Å². The van der Waals surface area contributed by atoms with Crippen molar-refractivity contribution in [3.63, 3.8) is 0 Å². The van der Waals surface area contributed by atoms with E-state index in [0.29, 0.717) is 19.0 Å². The number of halogens is 1. The number of nitrogens with zero attached hydrogens (tertiary/aromatic N) is 1. The number of amides is 1. The third-order valence-electron chi connectivity index (χ3n) is 4.13. The summed E-state index contributed by atoms with van der Waals surface area (Å²) in [4.78, 5) is 13.8. The third kappa shape index (κ3) is 5.50. The Hall–Kier alpha value is -1.62. The van der Waals surface area contributed by atoms with Crippen molar-refractivity contribution in [2.45, 2.75) is 51.7 Å². The molecule has 23 heavy (non-hydrogen) atoms. The van der Waals surface area contributed by atoms with Crippen molar-refractivity contribution in [2.75, 3.05) is 13.1 Å². The third-order valence-corrected chi connectivity index (χ3v) is 4.13. The summed E-state index contributed by atoms with van der Waals surface area (Å²) in [6.45, 7) is 6.99. The first-order valence-electron chi connectivity index (χ1n) is 8.23. The van der Waals surface area contributed by atoms with Crippen LogP contribution in [-0.2, 0) is 4.74 Å². The highest BCUT2D eigenvalue weighted by Crippen LogP contribution is 2.28. The highest BCUT2D eigenvalue weighted by atomic mass is 19.1. The van der Waals surface area contributed by atoms with Crippen LogP contribution in [0.25, 0.3) is 0 Å². The molecule has 1 saturated heterocycles. The molecule has 0 saturated carbocycles. The average Bonchev–Trinajstić information content (AvgIpc) is 2.46. The van der Waals surface area contributed by atoms with Crippen LogP contribution in [-0.4, -0.2) is 29.7 Å². The topological polar surface area (TPSA) is 55.6 Å². The minimum absolute atomic E-state index is 0.163. The van der Waals surface area contributed by atoms with Crippen molar-refractivity contribution in [2.24, 2.45) is 11.7 Å². The van der Waals surface area contributed by atoms with Gasteiger partial charge in [0.1, 0.15) is 11.4 Å². The number of nitrogens with two attached hydrogens (primary N) is 1. The molecule has 1 amide bonds. The van der Waals surface area contributed by atoms with E-state index >= 15 is 0 Å². The second-order valence-corrected chi connectivity index (χ2v) is 7.31. The van der Waals surface area contributed by atoms with Gasteiger partial charge >= 0.3 is 6.09 Å². The lowest BCUT2D eigenvalue weighted by Crippen LogP contribution is -2.42. The van der Waals surface area contributed by atoms with Gasteiger partial charge in [0.25, 0.3) is 0 Å². The number of ether oxygens (including phenoxy) is 1. The Balaban J connectivity index is 1.81. The average molecular weight is 322 g/mol. The zero-order valence-corrected chi connectivity index (χ0v) is 14.2. The first-order valence-corrected chi connectivity index (χ1v) is 8.23. The van der Waals surface area contributed by atoms with E-state index in [1.165, 1.54) is 12.1 Å². The lowest BCUT2D eigenvalue weighted by molar-refractivity contribution is 0.0179. The molecule has 1 aliphatic heterocycles. The molecular weight excluding hydrogens is 295 g/mol. The Kier molecular flexibility index (Phi) is 5.63. The molecule has 4 nitrogen and oxygen atoms in total.